The van der Waals surface area contributed by atoms with Crippen molar-refractivity contribution in [3.63, 3.8) is 0 Å². The van der Waals surface area contributed by atoms with Crippen molar-refractivity contribution < 1.29 is 4.74 Å². The Labute approximate surface area is 182 Å². The predicted molar refractivity (Wildman–Crippen MR) is 114 cm³/mol. The number of rotatable bonds is 3. The van der Waals surface area contributed by atoms with Gasteiger partial charge in [0.1, 0.15) is 0 Å². The van der Waals surface area contributed by atoms with Gasteiger partial charge < -0.3 is 9.58 Å². The summed E-state index contributed by atoms with van der Waals surface area (Å²) in [5.74, 6) is -0.427. The van der Waals surface area contributed by atoms with Crippen molar-refractivity contribution >= 4 is 39.8 Å². The summed E-state index contributed by atoms with van der Waals surface area (Å²) in [7, 11) is 0. The Hall–Kier alpha value is -3.94. The molecule has 0 bridgehead atoms. The van der Waals surface area contributed by atoms with Crippen LogP contribution in [0.5, 0.6) is 11.6 Å². The maximum Gasteiger partial charge on any atom is 0.365 e. The highest BCUT2D eigenvalue weighted by atomic mass is 35.5. The maximum absolute atomic E-state index is 12.1. The van der Waals surface area contributed by atoms with E-state index in [0.717, 1.165) is 10.2 Å². The van der Waals surface area contributed by atoms with Gasteiger partial charge in [0.15, 0.2) is 5.75 Å². The van der Waals surface area contributed by atoms with Crippen LogP contribution in [0.15, 0.2) is 44.7 Å². The lowest BCUT2D eigenvalue weighted by atomic mass is 10.1. The Balaban J connectivity index is 1.82. The molecule has 0 saturated carbocycles. The summed E-state index contributed by atoms with van der Waals surface area (Å²) < 4.78 is 6.56. The van der Waals surface area contributed by atoms with Gasteiger partial charge in [0, 0.05) is 0 Å². The van der Waals surface area contributed by atoms with Crippen LogP contribution in [0.1, 0.15) is 5.56 Å². The first kappa shape index (κ1) is 20.3. The second-order valence-electron chi connectivity index (χ2n) is 6.35. The maximum atomic E-state index is 12.1. The van der Waals surface area contributed by atoms with Gasteiger partial charge in [0.2, 0.25) is 5.88 Å². The van der Waals surface area contributed by atoms with Crippen LogP contribution in [-0.2, 0) is 0 Å². The minimum atomic E-state index is -0.903. The molecule has 0 atom stereocenters. The molecule has 0 amide bonds. The number of benzene rings is 2. The Morgan fingerprint density at radius 2 is 1.77 bits per heavy atom. The molecule has 0 aliphatic carbocycles. The lowest BCUT2D eigenvalue weighted by Crippen LogP contribution is -2.30. The van der Waals surface area contributed by atoms with Crippen LogP contribution in [0.25, 0.3) is 21.3 Å². The topological polar surface area (TPSA) is 127 Å². The number of hydrogen-bond donors (Lipinski definition) is 2. The zero-order valence-corrected chi connectivity index (χ0v) is 17.1. The van der Waals surface area contributed by atoms with Gasteiger partial charge in [-0.25, -0.2) is 9.89 Å². The first-order valence-corrected chi connectivity index (χ1v) is 9.31. The quantitative estimate of drug-likeness (QED) is 0.455. The van der Waals surface area contributed by atoms with Gasteiger partial charge in [-0.05, 0) is 36.3 Å². The molecule has 0 unspecified atom stereocenters. The molecule has 0 radical (unpaired) electrons. The second kappa shape index (κ2) is 7.71. The Bertz CT molecular complexity index is 1560. The van der Waals surface area contributed by atoms with Crippen LogP contribution in [-0.4, -0.2) is 25.0 Å². The standard InChI is InChI=1S/C19H10Cl2N6O4/c1-8-3-4-10-11(5-8)16(28)24-25-18(10)31-14-12(20)6-9(7-13(14)21)27-19(30)23-17(29)15(22-2)26-27/h3-7H,1H3,(H,24,28)(H,23,29,30). The summed E-state index contributed by atoms with van der Waals surface area (Å²) in [5, 5.41) is 10.8. The number of fused-ring (bicyclic) bond motifs is 1. The average Bonchev–Trinajstić information content (AvgIpc) is 2.72. The molecule has 0 aliphatic rings. The van der Waals surface area contributed by atoms with Crippen molar-refractivity contribution in [1.82, 2.24) is 25.0 Å². The second-order valence-corrected chi connectivity index (χ2v) is 7.17. The zero-order chi connectivity index (χ0) is 22.3. The molecule has 12 heteroatoms. The number of halogens is 2. The van der Waals surface area contributed by atoms with Crippen molar-refractivity contribution in [3.8, 4) is 17.3 Å². The van der Waals surface area contributed by atoms with E-state index in [1.165, 1.54) is 12.1 Å². The summed E-state index contributed by atoms with van der Waals surface area (Å²) in [4.78, 5) is 40.7. The lowest BCUT2D eigenvalue weighted by molar-refractivity contribution is 0.461. The number of aromatic amines is 2. The van der Waals surface area contributed by atoms with Crippen LogP contribution in [0, 0.1) is 13.5 Å². The molecule has 0 fully saturated rings. The fourth-order valence-electron chi connectivity index (χ4n) is 2.83. The van der Waals surface area contributed by atoms with E-state index < -0.39 is 17.1 Å². The first-order valence-electron chi connectivity index (χ1n) is 8.56. The van der Waals surface area contributed by atoms with Crippen molar-refractivity contribution in [2.24, 2.45) is 0 Å². The van der Waals surface area contributed by atoms with Crippen molar-refractivity contribution in [2.75, 3.05) is 0 Å². The van der Waals surface area contributed by atoms with E-state index in [-0.39, 0.29) is 32.9 Å². The van der Waals surface area contributed by atoms with Crippen molar-refractivity contribution in [2.45, 2.75) is 6.92 Å². The highest BCUT2D eigenvalue weighted by molar-refractivity contribution is 6.37. The molecule has 154 valence electrons. The Morgan fingerprint density at radius 3 is 2.45 bits per heavy atom. The molecule has 4 rings (SSSR count). The van der Waals surface area contributed by atoms with E-state index in [0.29, 0.717) is 10.8 Å². The monoisotopic (exact) mass is 456 g/mol. The summed E-state index contributed by atoms with van der Waals surface area (Å²) >= 11 is 12.6. The highest BCUT2D eigenvalue weighted by Crippen LogP contribution is 2.38. The van der Waals surface area contributed by atoms with Crippen molar-refractivity contribution in [3.05, 3.63) is 88.5 Å². The highest BCUT2D eigenvalue weighted by Gasteiger charge is 2.18. The normalized spacial score (nSPS) is 10.8. The summed E-state index contributed by atoms with van der Waals surface area (Å²) in [6, 6.07) is 7.82. The molecule has 2 aromatic heterocycles. The molecule has 0 saturated heterocycles. The van der Waals surface area contributed by atoms with Gasteiger partial charge in [-0.3, -0.25) is 14.6 Å². The van der Waals surface area contributed by atoms with Gasteiger partial charge in [0.25, 0.3) is 11.1 Å². The number of ether oxygens (including phenoxy) is 1. The van der Waals surface area contributed by atoms with Crippen molar-refractivity contribution in [1.29, 1.82) is 0 Å². The summed E-state index contributed by atoms with van der Waals surface area (Å²) in [6.45, 7) is 8.82. The number of hydrogen-bond acceptors (Lipinski definition) is 6. The third-order valence-corrected chi connectivity index (χ3v) is 4.81. The predicted octanol–water partition coefficient (Wildman–Crippen LogP) is 3.12. The van der Waals surface area contributed by atoms with E-state index in [9.17, 15) is 14.4 Å². The Kier molecular flexibility index (Phi) is 5.06. The lowest BCUT2D eigenvalue weighted by Gasteiger charge is -2.12. The van der Waals surface area contributed by atoms with Crippen LogP contribution < -0.4 is 21.5 Å². The van der Waals surface area contributed by atoms with Crippen LogP contribution >= 0.6 is 23.2 Å². The van der Waals surface area contributed by atoms with E-state index in [1.54, 1.807) is 18.2 Å². The molecule has 10 nitrogen and oxygen atoms in total. The molecular weight excluding hydrogens is 447 g/mol. The fourth-order valence-corrected chi connectivity index (χ4v) is 3.39. The molecular formula is C19H10Cl2N6O4. The summed E-state index contributed by atoms with van der Waals surface area (Å²) in [6.07, 6.45) is 0. The molecule has 4 aromatic rings. The molecule has 2 heterocycles. The van der Waals surface area contributed by atoms with Gasteiger partial charge in [-0.2, -0.15) is 0 Å². The third kappa shape index (κ3) is 3.68. The average molecular weight is 457 g/mol. The van der Waals surface area contributed by atoms with Gasteiger partial charge >= 0.3 is 11.5 Å². The Morgan fingerprint density at radius 1 is 1.06 bits per heavy atom. The van der Waals surface area contributed by atoms with E-state index in [4.69, 9.17) is 34.5 Å². The largest absolute Gasteiger partial charge is 0.434 e. The van der Waals surface area contributed by atoms with Gasteiger partial charge in [-0.1, -0.05) is 41.4 Å². The minimum absolute atomic E-state index is 0.0000222. The third-order valence-electron chi connectivity index (χ3n) is 4.25. The summed E-state index contributed by atoms with van der Waals surface area (Å²) in [5.41, 5.74) is -1.17. The number of nitrogens with one attached hydrogen (secondary N) is 2. The smallest absolute Gasteiger partial charge is 0.365 e. The van der Waals surface area contributed by atoms with Gasteiger partial charge in [0.05, 0.1) is 26.5 Å². The zero-order valence-electron chi connectivity index (χ0n) is 15.6. The van der Waals surface area contributed by atoms with E-state index in [2.05, 4.69) is 20.1 Å². The number of aromatic nitrogens is 5. The number of aryl methyl sites for hydroxylation is 1. The molecule has 2 N–H and O–H groups in total. The SMILES string of the molecule is [C-]#[N+]c1nn(-c2cc(Cl)c(Oc3n[nH]c(=O)c4cc(C)ccc34)c(Cl)c2)c(=O)[nH]c1=O. The molecule has 0 spiro atoms. The minimum Gasteiger partial charge on any atom is -0.434 e. The molecule has 2 aromatic carbocycles. The van der Waals surface area contributed by atoms with Crippen LogP contribution in [0.2, 0.25) is 10.0 Å². The van der Waals surface area contributed by atoms with Gasteiger partial charge in [-0.15, -0.1) is 9.78 Å². The fraction of sp³-hybridized carbons (Fsp3) is 0.0526. The first-order chi connectivity index (χ1) is 14.8. The van der Waals surface area contributed by atoms with Crippen LogP contribution in [0.4, 0.5) is 5.82 Å². The molecule has 0 aliphatic heterocycles. The number of nitrogens with zero attached hydrogens (tertiary/aromatic N) is 4. The van der Waals surface area contributed by atoms with E-state index >= 15 is 0 Å². The van der Waals surface area contributed by atoms with Crippen LogP contribution in [0.3, 0.4) is 0 Å². The van der Waals surface area contributed by atoms with E-state index in [1.807, 2.05) is 11.9 Å². The molecule has 31 heavy (non-hydrogen) atoms. The number of H-pyrrole nitrogens is 2.